The maximum absolute atomic E-state index is 15.6. The normalized spacial score (nSPS) is 12.7. The highest BCUT2D eigenvalue weighted by Crippen LogP contribution is 2.45. The third-order valence-corrected chi connectivity index (χ3v) is 4.73. The van der Waals surface area contributed by atoms with Gasteiger partial charge in [0.1, 0.15) is 23.7 Å². The summed E-state index contributed by atoms with van der Waals surface area (Å²) in [5, 5.41) is 14.7. The van der Waals surface area contributed by atoms with Gasteiger partial charge in [0, 0.05) is 29.0 Å². The molecular formula is C25H25F4N5O. The lowest BCUT2D eigenvalue weighted by atomic mass is 9.84. The molecule has 0 saturated heterocycles. The fourth-order valence-corrected chi connectivity index (χ4v) is 3.10. The second-order valence-electron chi connectivity index (χ2n) is 7.04. The molecule has 1 atom stereocenters. The standard InChI is InChI=1S/C23H19F4N5O.C2H6/c24-18-9-10-19(20(25)12-18)22(33,14-32(29)15-31-28)23(26,27)21-11-8-17(13-30-21)7-6-16-4-2-1-3-5-16;1-2/h1-5,8-13,15,33H,14,28-29H2;1-2H3/b31-15-;. The number of nitrogens with two attached hydrogens (primary N) is 2. The molecule has 1 unspecified atom stereocenters. The Bertz CT molecular complexity index is 1190. The van der Waals surface area contributed by atoms with Gasteiger partial charge >= 0.3 is 5.92 Å². The van der Waals surface area contributed by atoms with E-state index in [4.69, 9.17) is 11.7 Å². The van der Waals surface area contributed by atoms with Gasteiger partial charge in [0.2, 0.25) is 0 Å². The number of pyridine rings is 1. The van der Waals surface area contributed by atoms with Gasteiger partial charge in [0.05, 0.1) is 6.54 Å². The lowest BCUT2D eigenvalue weighted by Crippen LogP contribution is -2.53. The predicted molar refractivity (Wildman–Crippen MR) is 126 cm³/mol. The van der Waals surface area contributed by atoms with Crippen molar-refractivity contribution in [2.24, 2.45) is 16.8 Å². The Morgan fingerprint density at radius 2 is 1.69 bits per heavy atom. The van der Waals surface area contributed by atoms with E-state index in [-0.39, 0.29) is 0 Å². The van der Waals surface area contributed by atoms with Crippen LogP contribution in [0.2, 0.25) is 0 Å². The van der Waals surface area contributed by atoms with Crippen LogP contribution in [0.1, 0.15) is 36.2 Å². The molecular weight excluding hydrogens is 462 g/mol. The summed E-state index contributed by atoms with van der Waals surface area (Å²) < 4.78 is 59.0. The van der Waals surface area contributed by atoms with Crippen molar-refractivity contribution >= 4 is 6.34 Å². The van der Waals surface area contributed by atoms with Crippen LogP contribution in [0.15, 0.2) is 72.0 Å². The van der Waals surface area contributed by atoms with Crippen molar-refractivity contribution in [1.82, 2.24) is 9.99 Å². The molecule has 184 valence electrons. The Hall–Kier alpha value is -3.94. The van der Waals surface area contributed by atoms with Crippen LogP contribution >= 0.6 is 0 Å². The number of aliphatic hydroxyl groups is 1. The quantitative estimate of drug-likeness (QED) is 0.123. The topological polar surface area (TPSA) is 101 Å². The number of halogens is 4. The van der Waals surface area contributed by atoms with Gasteiger partial charge in [-0.15, -0.1) is 0 Å². The molecule has 2 aromatic carbocycles. The molecule has 0 aliphatic heterocycles. The molecule has 35 heavy (non-hydrogen) atoms. The average molecular weight is 488 g/mol. The van der Waals surface area contributed by atoms with E-state index in [1.165, 1.54) is 6.07 Å². The lowest BCUT2D eigenvalue weighted by molar-refractivity contribution is -0.203. The summed E-state index contributed by atoms with van der Waals surface area (Å²) in [4.78, 5) is 3.73. The van der Waals surface area contributed by atoms with Crippen LogP contribution in [0.25, 0.3) is 0 Å². The molecule has 5 N–H and O–H groups in total. The molecule has 0 aliphatic rings. The van der Waals surface area contributed by atoms with E-state index in [0.29, 0.717) is 22.7 Å². The smallest absolute Gasteiger partial charge is 0.323 e. The average Bonchev–Trinajstić information content (AvgIpc) is 2.84. The molecule has 0 radical (unpaired) electrons. The first-order valence-electron chi connectivity index (χ1n) is 10.5. The van der Waals surface area contributed by atoms with E-state index in [1.807, 2.05) is 19.9 Å². The first kappa shape index (κ1) is 27.3. The van der Waals surface area contributed by atoms with Crippen LogP contribution in [-0.4, -0.2) is 28.0 Å². The van der Waals surface area contributed by atoms with Crippen LogP contribution in [0.5, 0.6) is 0 Å². The first-order valence-corrected chi connectivity index (χ1v) is 10.5. The molecule has 6 nitrogen and oxygen atoms in total. The number of hydrazine groups is 1. The fraction of sp³-hybridized carbons (Fsp3) is 0.200. The number of rotatable bonds is 6. The molecule has 1 aromatic heterocycles. The van der Waals surface area contributed by atoms with Gasteiger partial charge in [-0.3, -0.25) is 9.99 Å². The number of alkyl halides is 2. The maximum Gasteiger partial charge on any atom is 0.323 e. The molecule has 0 fully saturated rings. The summed E-state index contributed by atoms with van der Waals surface area (Å²) in [7, 11) is 0. The molecule has 0 amide bonds. The maximum atomic E-state index is 15.6. The van der Waals surface area contributed by atoms with Crippen LogP contribution in [0, 0.1) is 23.5 Å². The Kier molecular flexibility index (Phi) is 9.34. The van der Waals surface area contributed by atoms with E-state index in [9.17, 15) is 13.9 Å². The minimum absolute atomic E-state index is 0.339. The Balaban J connectivity index is 0.00000210. The van der Waals surface area contributed by atoms with Gasteiger partial charge in [-0.05, 0) is 36.4 Å². The van der Waals surface area contributed by atoms with E-state index in [1.54, 1.807) is 24.3 Å². The molecule has 3 aromatic rings. The van der Waals surface area contributed by atoms with E-state index in [0.717, 1.165) is 30.2 Å². The van der Waals surface area contributed by atoms with Crippen LogP contribution in [-0.2, 0) is 11.5 Å². The van der Waals surface area contributed by atoms with Gasteiger partial charge < -0.3 is 10.9 Å². The summed E-state index contributed by atoms with van der Waals surface area (Å²) in [5.74, 6) is 9.63. The van der Waals surface area contributed by atoms with Gasteiger partial charge in [0.15, 0.2) is 5.60 Å². The van der Waals surface area contributed by atoms with Crippen molar-refractivity contribution in [2.45, 2.75) is 25.4 Å². The number of aromatic nitrogens is 1. The minimum Gasteiger partial charge on any atom is -0.377 e. The predicted octanol–water partition coefficient (Wildman–Crippen LogP) is 3.84. The molecule has 0 aliphatic carbocycles. The number of hydrazone groups is 1. The SMILES string of the molecule is CC.N/N=C\N(N)CC(O)(c1ccc(F)cc1F)C(F)(F)c1ccc(C#Cc2ccccc2)cn1. The van der Waals surface area contributed by atoms with Crippen molar-refractivity contribution in [3.63, 3.8) is 0 Å². The number of nitrogens with zero attached hydrogens (tertiary/aromatic N) is 3. The molecule has 0 saturated carbocycles. The van der Waals surface area contributed by atoms with Crippen LogP contribution in [0.4, 0.5) is 17.6 Å². The number of hydrogen-bond donors (Lipinski definition) is 3. The molecule has 1 heterocycles. The van der Waals surface area contributed by atoms with E-state index >= 15 is 8.78 Å². The summed E-state index contributed by atoms with van der Waals surface area (Å²) in [6, 6.07) is 13.1. The summed E-state index contributed by atoms with van der Waals surface area (Å²) in [6.45, 7) is 2.96. The number of benzene rings is 2. The van der Waals surface area contributed by atoms with Crippen molar-refractivity contribution in [2.75, 3.05) is 6.54 Å². The number of hydrogen-bond acceptors (Lipinski definition) is 5. The highest BCUT2D eigenvalue weighted by molar-refractivity contribution is 5.54. The van der Waals surface area contributed by atoms with Crippen molar-refractivity contribution in [3.05, 3.63) is 101 Å². The van der Waals surface area contributed by atoms with Crippen molar-refractivity contribution in [1.29, 1.82) is 0 Å². The highest BCUT2D eigenvalue weighted by atomic mass is 19.3. The highest BCUT2D eigenvalue weighted by Gasteiger charge is 2.58. The van der Waals surface area contributed by atoms with Gasteiger partial charge in [-0.2, -0.15) is 13.9 Å². The molecule has 0 bridgehead atoms. The summed E-state index contributed by atoms with van der Waals surface area (Å²) in [5.41, 5.74) is -3.96. The second kappa shape index (κ2) is 12.0. The Morgan fingerprint density at radius 3 is 2.26 bits per heavy atom. The third-order valence-electron chi connectivity index (χ3n) is 4.73. The second-order valence-corrected chi connectivity index (χ2v) is 7.04. The molecule has 0 spiro atoms. The largest absolute Gasteiger partial charge is 0.377 e. The molecule has 3 rings (SSSR count). The first-order chi connectivity index (χ1) is 16.7. The minimum atomic E-state index is -4.17. The van der Waals surface area contributed by atoms with Crippen molar-refractivity contribution in [3.8, 4) is 11.8 Å². The van der Waals surface area contributed by atoms with E-state index in [2.05, 4.69) is 21.9 Å². The summed E-state index contributed by atoms with van der Waals surface area (Å²) >= 11 is 0. The van der Waals surface area contributed by atoms with Gasteiger partial charge in [-0.25, -0.2) is 14.6 Å². The Labute approximate surface area is 200 Å². The van der Waals surface area contributed by atoms with Crippen LogP contribution in [0.3, 0.4) is 0 Å². The fourth-order valence-electron chi connectivity index (χ4n) is 3.10. The monoisotopic (exact) mass is 487 g/mol. The summed E-state index contributed by atoms with van der Waals surface area (Å²) in [6.07, 6.45) is 1.86. The van der Waals surface area contributed by atoms with Crippen LogP contribution < -0.4 is 11.7 Å². The zero-order valence-corrected chi connectivity index (χ0v) is 19.1. The van der Waals surface area contributed by atoms with Crippen molar-refractivity contribution < 1.29 is 22.7 Å². The van der Waals surface area contributed by atoms with Gasteiger partial charge in [-0.1, -0.05) is 43.9 Å². The third kappa shape index (κ3) is 6.35. The zero-order chi connectivity index (χ0) is 26.1. The molecule has 10 heteroatoms. The van der Waals surface area contributed by atoms with Gasteiger partial charge in [0.25, 0.3) is 0 Å². The lowest BCUT2D eigenvalue weighted by Gasteiger charge is -2.37. The Morgan fingerprint density at radius 1 is 1.03 bits per heavy atom. The zero-order valence-electron chi connectivity index (χ0n) is 19.1. The van der Waals surface area contributed by atoms with E-state index < -0.39 is 41.0 Å².